The summed E-state index contributed by atoms with van der Waals surface area (Å²) in [5.74, 6) is 0.137. The highest BCUT2D eigenvalue weighted by molar-refractivity contribution is 9.10. The van der Waals surface area contributed by atoms with Crippen molar-refractivity contribution in [2.75, 3.05) is 0 Å². The molecule has 0 heterocycles. The molecule has 1 nitrogen and oxygen atoms in total. The smallest absolute Gasteiger partial charge is 0.176 e. The molecule has 1 saturated carbocycles. The second-order valence-electron chi connectivity index (χ2n) is 3.44. The van der Waals surface area contributed by atoms with Gasteiger partial charge in [0.05, 0.1) is 4.32 Å². The lowest BCUT2D eigenvalue weighted by Gasteiger charge is -2.50. The van der Waals surface area contributed by atoms with E-state index in [4.69, 9.17) is 0 Å². The number of Topliss-reactive ketones (excluding diaryl/α,β-unsaturated/α-hetero) is 1. The summed E-state index contributed by atoms with van der Waals surface area (Å²) >= 11 is 3.38. The maximum atomic E-state index is 11.2. The molecule has 0 aromatic carbocycles. The number of carbonyl (C=O) groups excluding carboxylic acids is 1. The van der Waals surface area contributed by atoms with Crippen LogP contribution in [0.5, 0.6) is 0 Å². The normalized spacial score (nSPS) is 37.6. The third-order valence-electron chi connectivity index (χ3n) is 2.63. The Morgan fingerprint density at radius 1 is 1.40 bits per heavy atom. The lowest BCUT2D eigenvalue weighted by Crippen LogP contribution is -2.57. The number of rotatable bonds is 0. The molecule has 0 N–H and O–H groups in total. The molecule has 10 heavy (non-hydrogen) atoms. The third kappa shape index (κ3) is 0.605. The molecule has 0 aromatic heterocycles. The molecule has 56 valence electrons. The molecule has 0 spiro atoms. The predicted molar refractivity (Wildman–Crippen MR) is 45.3 cm³/mol. The maximum Gasteiger partial charge on any atom is 0.176 e. The molecule has 2 heteroatoms. The molecule has 1 rings (SSSR count). The first-order valence-electron chi connectivity index (χ1n) is 3.25. The molecule has 0 aromatic rings. The van der Waals surface area contributed by atoms with Gasteiger partial charge < -0.3 is 0 Å². The zero-order valence-electron chi connectivity index (χ0n) is 6.49. The van der Waals surface area contributed by atoms with Crippen LogP contribution in [-0.2, 0) is 4.79 Å². The van der Waals surface area contributed by atoms with Crippen molar-refractivity contribution in [3.63, 3.8) is 0 Å². The quantitative estimate of drug-likeness (QED) is 0.436. The highest BCUT2D eigenvalue weighted by atomic mass is 79.9. The summed E-state index contributed by atoms with van der Waals surface area (Å²) in [6, 6.07) is 0. The van der Waals surface area contributed by atoms with Gasteiger partial charge in [0, 0.05) is 5.41 Å². The van der Waals surface area contributed by atoms with Crippen LogP contribution < -0.4 is 0 Å². The Labute approximate surface area is 69.6 Å². The summed E-state index contributed by atoms with van der Waals surface area (Å²) < 4.78 is -0.378. The minimum Gasteiger partial charge on any atom is -0.293 e. The minimum atomic E-state index is -0.378. The molecule has 0 aliphatic heterocycles. The Balaban J connectivity index is 3.04. The van der Waals surface area contributed by atoms with Gasteiger partial charge in [0.2, 0.25) is 0 Å². The van der Waals surface area contributed by atoms with E-state index in [2.05, 4.69) is 22.5 Å². The Hall–Kier alpha value is -0.110. The van der Waals surface area contributed by atoms with Gasteiger partial charge in [-0.3, -0.25) is 4.79 Å². The maximum absolute atomic E-state index is 11.2. The molecule has 1 aliphatic rings. The van der Waals surface area contributed by atoms with Crippen LogP contribution in [0.1, 0.15) is 20.8 Å². The first kappa shape index (κ1) is 7.99. The molecule has 1 aliphatic carbocycles. The van der Waals surface area contributed by atoms with Crippen LogP contribution in [0, 0.1) is 5.41 Å². The molecule has 1 atom stereocenters. The molecular formula is C8H11BrO. The minimum absolute atomic E-state index is 0.0793. The highest BCUT2D eigenvalue weighted by Crippen LogP contribution is 2.54. The van der Waals surface area contributed by atoms with Gasteiger partial charge in [0.25, 0.3) is 0 Å². The first-order valence-corrected chi connectivity index (χ1v) is 4.04. The van der Waals surface area contributed by atoms with Crippen LogP contribution in [0.2, 0.25) is 0 Å². The van der Waals surface area contributed by atoms with Crippen molar-refractivity contribution in [2.24, 2.45) is 5.41 Å². The summed E-state index contributed by atoms with van der Waals surface area (Å²) in [6.45, 7) is 9.64. The number of alkyl halides is 1. The SMILES string of the molecule is C=C1C(=O)C(C)(Br)C1(C)C. The molecule has 1 unspecified atom stereocenters. The van der Waals surface area contributed by atoms with E-state index in [0.29, 0.717) is 0 Å². The number of ketones is 1. The van der Waals surface area contributed by atoms with Crippen molar-refractivity contribution < 1.29 is 4.79 Å². The monoisotopic (exact) mass is 202 g/mol. The number of carbonyl (C=O) groups is 1. The van der Waals surface area contributed by atoms with E-state index in [1.807, 2.05) is 20.8 Å². The van der Waals surface area contributed by atoms with Gasteiger partial charge in [-0.1, -0.05) is 36.4 Å². The van der Waals surface area contributed by atoms with E-state index < -0.39 is 0 Å². The van der Waals surface area contributed by atoms with Gasteiger partial charge in [-0.25, -0.2) is 0 Å². The van der Waals surface area contributed by atoms with Crippen LogP contribution >= 0.6 is 15.9 Å². The second-order valence-corrected chi connectivity index (χ2v) is 5.02. The average Bonchev–Trinajstić information content (AvgIpc) is 1.84. The summed E-state index contributed by atoms with van der Waals surface area (Å²) in [5.41, 5.74) is 0.649. The van der Waals surface area contributed by atoms with Crippen molar-refractivity contribution >= 4 is 21.7 Å². The van der Waals surface area contributed by atoms with E-state index in [1.165, 1.54) is 0 Å². The number of halogens is 1. The lowest BCUT2D eigenvalue weighted by molar-refractivity contribution is -0.126. The zero-order valence-corrected chi connectivity index (χ0v) is 8.08. The van der Waals surface area contributed by atoms with Crippen LogP contribution in [0.25, 0.3) is 0 Å². The van der Waals surface area contributed by atoms with Crippen LogP contribution in [0.3, 0.4) is 0 Å². The van der Waals surface area contributed by atoms with E-state index in [9.17, 15) is 4.79 Å². The Bertz CT molecular complexity index is 189. The summed E-state index contributed by atoms with van der Waals surface area (Å²) in [5, 5.41) is 0. The third-order valence-corrected chi connectivity index (χ3v) is 3.98. The van der Waals surface area contributed by atoms with Crippen molar-refractivity contribution in [1.82, 2.24) is 0 Å². The Kier molecular flexibility index (Phi) is 1.38. The van der Waals surface area contributed by atoms with Gasteiger partial charge in [0.1, 0.15) is 0 Å². The molecule has 1 fully saturated rings. The fraction of sp³-hybridized carbons (Fsp3) is 0.625. The van der Waals surface area contributed by atoms with Crippen LogP contribution in [0.4, 0.5) is 0 Å². The molecule has 0 amide bonds. The van der Waals surface area contributed by atoms with Crippen molar-refractivity contribution in [1.29, 1.82) is 0 Å². The van der Waals surface area contributed by atoms with Crippen molar-refractivity contribution in [3.05, 3.63) is 12.2 Å². The lowest BCUT2D eigenvalue weighted by atomic mass is 9.59. The molecular weight excluding hydrogens is 192 g/mol. The van der Waals surface area contributed by atoms with Gasteiger partial charge >= 0.3 is 0 Å². The van der Waals surface area contributed by atoms with Crippen LogP contribution in [0.15, 0.2) is 12.2 Å². The number of hydrogen-bond donors (Lipinski definition) is 0. The summed E-state index contributed by atoms with van der Waals surface area (Å²) in [4.78, 5) is 11.2. The predicted octanol–water partition coefficient (Wildman–Crippen LogP) is 2.31. The fourth-order valence-corrected chi connectivity index (χ4v) is 1.55. The average molecular weight is 203 g/mol. The van der Waals surface area contributed by atoms with E-state index >= 15 is 0 Å². The highest BCUT2D eigenvalue weighted by Gasteiger charge is 2.58. The van der Waals surface area contributed by atoms with Crippen LogP contribution in [-0.4, -0.2) is 10.1 Å². The van der Waals surface area contributed by atoms with Gasteiger partial charge in [0.15, 0.2) is 5.78 Å². The second kappa shape index (κ2) is 1.73. The first-order chi connectivity index (χ1) is 4.32. The molecule has 0 bridgehead atoms. The molecule has 0 radical (unpaired) electrons. The standard InChI is InChI=1S/C8H11BrO/c1-5-6(10)8(4,9)7(5,2)3/h1H2,2-4H3. The van der Waals surface area contributed by atoms with E-state index in [-0.39, 0.29) is 15.5 Å². The van der Waals surface area contributed by atoms with Gasteiger partial charge in [-0.15, -0.1) is 0 Å². The van der Waals surface area contributed by atoms with E-state index in [1.54, 1.807) is 0 Å². The summed E-state index contributed by atoms with van der Waals surface area (Å²) in [7, 11) is 0. The van der Waals surface area contributed by atoms with E-state index in [0.717, 1.165) is 5.57 Å². The summed E-state index contributed by atoms with van der Waals surface area (Å²) in [6.07, 6.45) is 0. The van der Waals surface area contributed by atoms with Crippen molar-refractivity contribution in [3.8, 4) is 0 Å². The number of hydrogen-bond acceptors (Lipinski definition) is 1. The van der Waals surface area contributed by atoms with Gasteiger partial charge in [-0.2, -0.15) is 0 Å². The zero-order chi connectivity index (χ0) is 8.15. The Morgan fingerprint density at radius 2 is 1.80 bits per heavy atom. The topological polar surface area (TPSA) is 17.1 Å². The molecule has 0 saturated heterocycles. The largest absolute Gasteiger partial charge is 0.293 e. The van der Waals surface area contributed by atoms with Crippen molar-refractivity contribution in [2.45, 2.75) is 25.1 Å². The number of allylic oxidation sites excluding steroid dienone is 1. The van der Waals surface area contributed by atoms with Gasteiger partial charge in [-0.05, 0) is 12.5 Å². The Morgan fingerprint density at radius 3 is 1.90 bits per heavy atom. The fourth-order valence-electron chi connectivity index (χ4n) is 1.07.